The summed E-state index contributed by atoms with van der Waals surface area (Å²) < 4.78 is 0. The highest BCUT2D eigenvalue weighted by molar-refractivity contribution is 5.38. The Bertz CT molecular complexity index is 462. The minimum Gasteiger partial charge on any atom is -0.317 e. The highest BCUT2D eigenvalue weighted by Gasteiger charge is 2.36. The van der Waals surface area contributed by atoms with Gasteiger partial charge in [0.25, 0.3) is 0 Å². The normalized spacial score (nSPS) is 13.5. The Kier molecular flexibility index (Phi) is 4.06. The fourth-order valence-electron chi connectivity index (χ4n) is 2.65. The number of hydrogen-bond donors (Lipinski definition) is 1. The van der Waals surface area contributed by atoms with Crippen molar-refractivity contribution in [1.29, 1.82) is 0 Å². The maximum Gasteiger partial charge on any atom is 0.0693 e. The van der Waals surface area contributed by atoms with Crippen LogP contribution in [0.25, 0.3) is 0 Å². The highest BCUT2D eigenvalue weighted by Crippen LogP contribution is 2.37. The van der Waals surface area contributed by atoms with Crippen LogP contribution in [0.1, 0.15) is 31.9 Å². The molecule has 0 radical (unpaired) electrons. The third kappa shape index (κ3) is 2.57. The van der Waals surface area contributed by atoms with Crippen LogP contribution in [0.15, 0.2) is 60.7 Å². The van der Waals surface area contributed by atoms with Crippen molar-refractivity contribution < 1.29 is 0 Å². The van der Waals surface area contributed by atoms with E-state index in [4.69, 9.17) is 5.73 Å². The van der Waals surface area contributed by atoms with Gasteiger partial charge in [-0.25, -0.2) is 0 Å². The van der Waals surface area contributed by atoms with E-state index < -0.39 is 5.54 Å². The summed E-state index contributed by atoms with van der Waals surface area (Å²) in [5, 5.41) is 0. The van der Waals surface area contributed by atoms with Crippen molar-refractivity contribution in [2.45, 2.75) is 26.3 Å². The second kappa shape index (κ2) is 5.58. The van der Waals surface area contributed by atoms with Crippen molar-refractivity contribution in [2.75, 3.05) is 0 Å². The van der Waals surface area contributed by atoms with Crippen LogP contribution in [-0.2, 0) is 5.54 Å². The van der Waals surface area contributed by atoms with Gasteiger partial charge in [0.15, 0.2) is 0 Å². The highest BCUT2D eigenvalue weighted by atomic mass is 14.8. The molecule has 1 heteroatoms. The van der Waals surface area contributed by atoms with E-state index in [0.717, 1.165) is 0 Å². The SMILES string of the molecule is CC(C)C(C)C(N)(c1ccccc1)c1ccccc1. The molecular weight excluding hydrogens is 230 g/mol. The van der Waals surface area contributed by atoms with Gasteiger partial charge in [0.2, 0.25) is 0 Å². The van der Waals surface area contributed by atoms with Gasteiger partial charge in [-0.15, -0.1) is 0 Å². The summed E-state index contributed by atoms with van der Waals surface area (Å²) in [7, 11) is 0. The molecule has 0 aliphatic carbocycles. The Morgan fingerprint density at radius 1 is 0.737 bits per heavy atom. The van der Waals surface area contributed by atoms with E-state index in [1.54, 1.807) is 0 Å². The molecule has 2 aromatic carbocycles. The quantitative estimate of drug-likeness (QED) is 0.869. The Balaban J connectivity index is 2.57. The molecular formula is C18H23N. The van der Waals surface area contributed by atoms with Crippen LogP contribution in [0, 0.1) is 11.8 Å². The van der Waals surface area contributed by atoms with E-state index in [1.807, 2.05) is 12.1 Å². The molecule has 0 aromatic heterocycles. The molecule has 2 N–H and O–H groups in total. The monoisotopic (exact) mass is 253 g/mol. The molecule has 0 saturated heterocycles. The van der Waals surface area contributed by atoms with Gasteiger partial charge in [-0.2, -0.15) is 0 Å². The van der Waals surface area contributed by atoms with Crippen molar-refractivity contribution in [3.05, 3.63) is 71.8 Å². The molecule has 0 saturated carbocycles. The summed E-state index contributed by atoms with van der Waals surface area (Å²) >= 11 is 0. The minimum absolute atomic E-state index is 0.359. The predicted molar refractivity (Wildman–Crippen MR) is 81.9 cm³/mol. The first-order chi connectivity index (χ1) is 9.06. The van der Waals surface area contributed by atoms with Gasteiger partial charge in [0.05, 0.1) is 5.54 Å². The molecule has 100 valence electrons. The maximum atomic E-state index is 6.89. The fraction of sp³-hybridized carbons (Fsp3) is 0.333. The Labute approximate surface area is 116 Å². The molecule has 0 heterocycles. The van der Waals surface area contributed by atoms with Crippen LogP contribution in [0.3, 0.4) is 0 Å². The lowest BCUT2D eigenvalue weighted by Crippen LogP contribution is -2.46. The summed E-state index contributed by atoms with van der Waals surface area (Å²) in [4.78, 5) is 0. The third-order valence-corrected chi connectivity index (χ3v) is 4.22. The molecule has 1 nitrogen and oxygen atoms in total. The van der Waals surface area contributed by atoms with Gasteiger partial charge < -0.3 is 5.73 Å². The van der Waals surface area contributed by atoms with Gasteiger partial charge >= 0.3 is 0 Å². The van der Waals surface area contributed by atoms with Crippen molar-refractivity contribution in [2.24, 2.45) is 17.6 Å². The molecule has 2 rings (SSSR count). The number of nitrogens with two attached hydrogens (primary N) is 1. The second-order valence-electron chi connectivity index (χ2n) is 5.63. The molecule has 1 atom stereocenters. The first kappa shape index (κ1) is 13.8. The van der Waals surface area contributed by atoms with Gasteiger partial charge in [-0.1, -0.05) is 81.4 Å². The number of benzene rings is 2. The first-order valence-electron chi connectivity index (χ1n) is 6.96. The van der Waals surface area contributed by atoms with Crippen molar-refractivity contribution in [1.82, 2.24) is 0 Å². The van der Waals surface area contributed by atoms with Crippen molar-refractivity contribution >= 4 is 0 Å². The van der Waals surface area contributed by atoms with Gasteiger partial charge in [0, 0.05) is 0 Å². The molecule has 0 bridgehead atoms. The zero-order valence-corrected chi connectivity index (χ0v) is 12.0. The molecule has 0 fully saturated rings. The predicted octanol–water partition coefficient (Wildman–Crippen LogP) is 4.18. The lowest BCUT2D eigenvalue weighted by atomic mass is 9.70. The largest absolute Gasteiger partial charge is 0.317 e. The lowest BCUT2D eigenvalue weighted by molar-refractivity contribution is 0.272. The second-order valence-corrected chi connectivity index (χ2v) is 5.63. The van der Waals surface area contributed by atoms with Gasteiger partial charge in [0.1, 0.15) is 0 Å². The van der Waals surface area contributed by atoms with E-state index in [9.17, 15) is 0 Å². The van der Waals surface area contributed by atoms with E-state index in [2.05, 4.69) is 69.3 Å². The standard InChI is InChI=1S/C18H23N/c1-14(2)15(3)18(19,16-10-6-4-7-11-16)17-12-8-5-9-13-17/h4-15H,19H2,1-3H3. The third-order valence-electron chi connectivity index (χ3n) is 4.22. The van der Waals surface area contributed by atoms with Gasteiger partial charge in [-0.3, -0.25) is 0 Å². The minimum atomic E-state index is -0.434. The van der Waals surface area contributed by atoms with Crippen LogP contribution in [0.4, 0.5) is 0 Å². The molecule has 19 heavy (non-hydrogen) atoms. The molecule has 2 aromatic rings. The Morgan fingerprint density at radius 2 is 1.11 bits per heavy atom. The molecule has 0 amide bonds. The Hall–Kier alpha value is -1.60. The zero-order valence-electron chi connectivity index (χ0n) is 12.0. The van der Waals surface area contributed by atoms with Crippen LogP contribution >= 0.6 is 0 Å². The topological polar surface area (TPSA) is 26.0 Å². The van der Waals surface area contributed by atoms with Crippen molar-refractivity contribution in [3.8, 4) is 0 Å². The Morgan fingerprint density at radius 3 is 1.42 bits per heavy atom. The number of rotatable bonds is 4. The van der Waals surface area contributed by atoms with Crippen LogP contribution in [0.5, 0.6) is 0 Å². The van der Waals surface area contributed by atoms with E-state index in [0.29, 0.717) is 11.8 Å². The summed E-state index contributed by atoms with van der Waals surface area (Å²) in [5.74, 6) is 0.878. The first-order valence-corrected chi connectivity index (χ1v) is 6.96. The van der Waals surface area contributed by atoms with Gasteiger partial charge in [-0.05, 0) is 23.0 Å². The smallest absolute Gasteiger partial charge is 0.0693 e. The van der Waals surface area contributed by atoms with Crippen molar-refractivity contribution in [3.63, 3.8) is 0 Å². The summed E-state index contributed by atoms with van der Waals surface area (Å²) in [6.07, 6.45) is 0. The zero-order chi connectivity index (χ0) is 13.9. The maximum absolute atomic E-state index is 6.89. The molecule has 0 aliphatic heterocycles. The summed E-state index contributed by atoms with van der Waals surface area (Å²) in [6, 6.07) is 20.8. The average Bonchev–Trinajstić information content (AvgIpc) is 2.47. The van der Waals surface area contributed by atoms with E-state index in [1.165, 1.54) is 11.1 Å². The molecule has 0 spiro atoms. The van der Waals surface area contributed by atoms with E-state index >= 15 is 0 Å². The molecule has 0 aliphatic rings. The molecule has 1 unspecified atom stereocenters. The van der Waals surface area contributed by atoms with Crippen LogP contribution < -0.4 is 5.73 Å². The summed E-state index contributed by atoms with van der Waals surface area (Å²) in [5.41, 5.74) is 8.82. The van der Waals surface area contributed by atoms with E-state index in [-0.39, 0.29) is 0 Å². The average molecular weight is 253 g/mol. The van der Waals surface area contributed by atoms with Crippen LogP contribution in [0.2, 0.25) is 0 Å². The fourth-order valence-corrected chi connectivity index (χ4v) is 2.65. The lowest BCUT2D eigenvalue weighted by Gasteiger charge is -2.39. The summed E-state index contributed by atoms with van der Waals surface area (Å²) in [6.45, 7) is 6.71. The van der Waals surface area contributed by atoms with Crippen LogP contribution in [-0.4, -0.2) is 0 Å². The number of hydrogen-bond acceptors (Lipinski definition) is 1.